The second-order valence-corrected chi connectivity index (χ2v) is 20.4. The molecule has 0 aromatic rings. The monoisotopic (exact) mass is 741 g/mol. The minimum absolute atomic E-state index is 0.0344. The molecular weight excluding hydrogens is 664 g/mol. The van der Waals surface area contributed by atoms with E-state index in [-0.39, 0.29) is 65.6 Å². The summed E-state index contributed by atoms with van der Waals surface area (Å²) in [4.78, 5) is 26.6. The number of hydrogen-bond donors (Lipinski definition) is 1. The van der Waals surface area contributed by atoms with E-state index < -0.39 is 11.7 Å². The summed E-state index contributed by atoms with van der Waals surface area (Å²) in [5.41, 5.74) is 0.671. The van der Waals surface area contributed by atoms with Gasteiger partial charge in [-0.2, -0.15) is 0 Å². The molecule has 0 aromatic carbocycles. The van der Waals surface area contributed by atoms with Crippen molar-refractivity contribution in [2.24, 2.45) is 57.2 Å². The number of esters is 2. The van der Waals surface area contributed by atoms with E-state index in [1.165, 1.54) is 84.0 Å². The highest BCUT2D eigenvalue weighted by molar-refractivity contribution is 5.92. The molecule has 6 aliphatic rings. The topological polar surface area (TPSA) is 94.6 Å². The summed E-state index contributed by atoms with van der Waals surface area (Å²) < 4.78 is 25.6. The van der Waals surface area contributed by atoms with E-state index in [1.807, 2.05) is 0 Å². The van der Waals surface area contributed by atoms with Crippen LogP contribution in [-0.2, 0) is 28.5 Å². The summed E-state index contributed by atoms with van der Waals surface area (Å²) in [7, 11) is 0. The van der Waals surface area contributed by atoms with Crippen LogP contribution in [0.2, 0.25) is 0 Å². The Labute approximate surface area is 322 Å². The Morgan fingerprint density at radius 3 is 2.25 bits per heavy atom. The number of fused-ring (bicyclic) bond motifs is 7. The molecule has 7 heteroatoms. The Bertz CT molecular complexity index is 1320. The fourth-order valence-corrected chi connectivity index (χ4v) is 13.5. The molecule has 2 heterocycles. The molecule has 53 heavy (non-hydrogen) atoms. The van der Waals surface area contributed by atoms with Gasteiger partial charge in [0.2, 0.25) is 6.29 Å². The number of aliphatic hydroxyl groups is 1. The van der Waals surface area contributed by atoms with Gasteiger partial charge < -0.3 is 24.1 Å². The van der Waals surface area contributed by atoms with Crippen LogP contribution >= 0.6 is 0 Å². The van der Waals surface area contributed by atoms with E-state index in [1.54, 1.807) is 0 Å². The molecule has 3 saturated carbocycles. The van der Waals surface area contributed by atoms with Crippen molar-refractivity contribution in [3.05, 3.63) is 11.6 Å². The van der Waals surface area contributed by atoms with Crippen molar-refractivity contribution in [1.82, 2.24) is 0 Å². The predicted molar refractivity (Wildman–Crippen MR) is 209 cm³/mol. The molecule has 2 saturated heterocycles. The third-order valence-corrected chi connectivity index (χ3v) is 16.7. The normalized spacial score (nSPS) is 41.5. The van der Waals surface area contributed by atoms with E-state index in [0.717, 1.165) is 38.0 Å². The van der Waals surface area contributed by atoms with Crippen molar-refractivity contribution in [3.63, 3.8) is 0 Å². The number of epoxide rings is 1. The predicted octanol–water partition coefficient (Wildman–Crippen LogP) is 10.4. The quantitative estimate of drug-likeness (QED) is 0.0901. The number of carbonyl (C=O) groups is 2. The van der Waals surface area contributed by atoms with Crippen LogP contribution in [0.1, 0.15) is 171 Å². The molecule has 1 N–H and O–H groups in total. The molecule has 0 bridgehead atoms. The molecule has 6 rings (SSSR count). The van der Waals surface area contributed by atoms with Crippen LogP contribution in [0.3, 0.4) is 0 Å². The summed E-state index contributed by atoms with van der Waals surface area (Å²) in [6.45, 7) is 20.8. The molecular formula is C46H76O7. The van der Waals surface area contributed by atoms with Crippen LogP contribution in [0.15, 0.2) is 11.6 Å². The van der Waals surface area contributed by atoms with Gasteiger partial charge in [-0.1, -0.05) is 119 Å². The lowest BCUT2D eigenvalue weighted by molar-refractivity contribution is -0.261. The van der Waals surface area contributed by atoms with Crippen molar-refractivity contribution in [1.29, 1.82) is 0 Å². The second kappa shape index (κ2) is 16.2. The third-order valence-electron chi connectivity index (χ3n) is 16.7. The fourth-order valence-electron chi connectivity index (χ4n) is 13.5. The van der Waals surface area contributed by atoms with Crippen molar-refractivity contribution < 1.29 is 33.6 Å². The standard InChI is InChI=1S/C46H76O7/c1-10-29(2)17-14-12-11-13-15-18-30(3)19-21-33(40-34(28-47)51-40)52-42-39-32(41(49)53-42)20-22-36-45(8)26-23-35-43(5,6)24-16-25-44(35,7)37(45)27-38(46(36,39)9)50-31(4)48/h20,29-30,33-40,42,47H,10-19,21-28H2,1-9H3/t29?,30?,33?,34-,35+,36+,37-,38+,39-,40-,42-,44+,45+,46-/m1/s1. The van der Waals surface area contributed by atoms with Crippen LogP contribution in [0.25, 0.3) is 0 Å². The molecule has 4 aliphatic carbocycles. The number of aliphatic hydroxyl groups excluding tert-OH is 1. The number of ether oxygens (including phenoxy) is 4. The highest BCUT2D eigenvalue weighted by atomic mass is 16.7. The third kappa shape index (κ3) is 7.94. The highest BCUT2D eigenvalue weighted by Gasteiger charge is 2.71. The highest BCUT2D eigenvalue weighted by Crippen LogP contribution is 2.74. The maximum Gasteiger partial charge on any atom is 0.336 e. The Morgan fingerprint density at radius 2 is 1.58 bits per heavy atom. The van der Waals surface area contributed by atoms with Gasteiger partial charge >= 0.3 is 11.9 Å². The smallest absolute Gasteiger partial charge is 0.336 e. The number of hydrogen-bond acceptors (Lipinski definition) is 7. The number of cyclic esters (lactones) is 1. The number of rotatable bonds is 17. The SMILES string of the molecule is CCC(C)CCCCCCCC(C)CCC(O[C@@H]1OC(=O)C2=CC[C@H]3[C@]4(C)CC[C@H]5C(C)(C)CCC[C@]5(C)[C@H]4C[C@H](OC(C)=O)[C@]3(C)[C@H]21)[C@H]1O[C@@H]1CO. The molecule has 5 fully saturated rings. The summed E-state index contributed by atoms with van der Waals surface area (Å²) in [6, 6.07) is 0. The Balaban J connectivity index is 1.18. The molecule has 2 aliphatic heterocycles. The number of carbonyl (C=O) groups excluding carboxylic acids is 2. The van der Waals surface area contributed by atoms with Gasteiger partial charge in [-0.3, -0.25) is 4.79 Å². The lowest BCUT2D eigenvalue weighted by atomic mass is 9.34. The molecule has 302 valence electrons. The molecule has 3 unspecified atom stereocenters. The maximum absolute atomic E-state index is 13.7. The van der Waals surface area contributed by atoms with Gasteiger partial charge in [0.25, 0.3) is 0 Å². The molecule has 14 atom stereocenters. The lowest BCUT2D eigenvalue weighted by Crippen LogP contribution is -2.67. The Morgan fingerprint density at radius 1 is 0.906 bits per heavy atom. The summed E-state index contributed by atoms with van der Waals surface area (Å²) in [5, 5.41) is 10.0. The molecule has 0 amide bonds. The minimum Gasteiger partial charge on any atom is -0.462 e. The van der Waals surface area contributed by atoms with E-state index in [9.17, 15) is 14.7 Å². The first kappa shape index (κ1) is 41.2. The van der Waals surface area contributed by atoms with E-state index in [2.05, 4.69) is 61.5 Å². The summed E-state index contributed by atoms with van der Waals surface area (Å²) in [5.74, 6) is 1.78. The van der Waals surface area contributed by atoms with Crippen LogP contribution in [0, 0.1) is 57.2 Å². The number of allylic oxidation sites excluding steroid dienone is 1. The van der Waals surface area contributed by atoms with Gasteiger partial charge in [0.05, 0.1) is 18.6 Å². The summed E-state index contributed by atoms with van der Waals surface area (Å²) in [6.07, 6.45) is 20.2. The van der Waals surface area contributed by atoms with Crippen molar-refractivity contribution in [2.45, 2.75) is 202 Å². The molecule has 0 radical (unpaired) electrons. The average Bonchev–Trinajstić information content (AvgIpc) is 3.81. The summed E-state index contributed by atoms with van der Waals surface area (Å²) >= 11 is 0. The van der Waals surface area contributed by atoms with E-state index >= 15 is 0 Å². The van der Waals surface area contributed by atoms with Crippen LogP contribution < -0.4 is 0 Å². The van der Waals surface area contributed by atoms with E-state index in [0.29, 0.717) is 28.7 Å². The van der Waals surface area contributed by atoms with Crippen LogP contribution in [-0.4, -0.2) is 54.4 Å². The fraction of sp³-hybridized carbons (Fsp3) is 0.913. The van der Waals surface area contributed by atoms with Crippen molar-refractivity contribution in [3.8, 4) is 0 Å². The van der Waals surface area contributed by atoms with Crippen molar-refractivity contribution >= 4 is 11.9 Å². The van der Waals surface area contributed by atoms with Crippen molar-refractivity contribution in [2.75, 3.05) is 6.61 Å². The van der Waals surface area contributed by atoms with Gasteiger partial charge in [-0.05, 0) is 97.2 Å². The first-order valence-corrected chi connectivity index (χ1v) is 22.1. The van der Waals surface area contributed by atoms with Gasteiger partial charge in [0.15, 0.2) is 0 Å². The minimum atomic E-state index is -0.778. The van der Waals surface area contributed by atoms with E-state index in [4.69, 9.17) is 18.9 Å². The lowest BCUT2D eigenvalue weighted by Gasteiger charge is -2.70. The van der Waals surface area contributed by atoms with Gasteiger partial charge in [-0.15, -0.1) is 0 Å². The molecule has 0 spiro atoms. The zero-order valence-electron chi connectivity index (χ0n) is 35.1. The van der Waals surface area contributed by atoms with Crippen LogP contribution in [0.4, 0.5) is 0 Å². The molecule has 0 aromatic heterocycles. The second-order valence-electron chi connectivity index (χ2n) is 20.4. The zero-order chi connectivity index (χ0) is 38.3. The maximum atomic E-state index is 13.7. The Kier molecular flexibility index (Phi) is 12.6. The first-order chi connectivity index (χ1) is 25.1. The van der Waals surface area contributed by atoms with Crippen LogP contribution in [0.5, 0.6) is 0 Å². The van der Waals surface area contributed by atoms with Gasteiger partial charge in [0.1, 0.15) is 18.3 Å². The zero-order valence-corrected chi connectivity index (χ0v) is 35.1. The Hall–Kier alpha value is -1.44. The largest absolute Gasteiger partial charge is 0.462 e. The number of unbranched alkanes of at least 4 members (excludes halogenated alkanes) is 4. The first-order valence-electron chi connectivity index (χ1n) is 22.1. The average molecular weight is 741 g/mol. The molecule has 7 nitrogen and oxygen atoms in total. The van der Waals surface area contributed by atoms with Gasteiger partial charge in [0, 0.05) is 17.9 Å². The van der Waals surface area contributed by atoms with Gasteiger partial charge in [-0.25, -0.2) is 4.79 Å².